The SMILES string of the molecule is CC(=O)/C=C/C=C(C)/C=C/C1=C(C(=O)O)CC(O)CC1(C)C. The van der Waals surface area contributed by atoms with Crippen molar-refractivity contribution in [1.82, 2.24) is 0 Å². The van der Waals surface area contributed by atoms with Gasteiger partial charge in [0.15, 0.2) is 5.78 Å². The molecule has 0 amide bonds. The Morgan fingerprint density at radius 2 is 1.86 bits per heavy atom. The topological polar surface area (TPSA) is 74.6 Å². The van der Waals surface area contributed by atoms with Crippen LogP contribution in [-0.4, -0.2) is 28.1 Å². The predicted molar refractivity (Wildman–Crippen MR) is 86.4 cm³/mol. The molecule has 4 nitrogen and oxygen atoms in total. The first kappa shape index (κ1) is 18.1. The van der Waals surface area contributed by atoms with Gasteiger partial charge in [-0.05, 0) is 37.3 Å². The zero-order chi connectivity index (χ0) is 16.9. The molecule has 0 aliphatic heterocycles. The van der Waals surface area contributed by atoms with Crippen molar-refractivity contribution in [3.63, 3.8) is 0 Å². The fourth-order valence-corrected chi connectivity index (χ4v) is 2.66. The van der Waals surface area contributed by atoms with Crippen LogP contribution >= 0.6 is 0 Å². The van der Waals surface area contributed by atoms with Crippen LogP contribution in [0.15, 0.2) is 47.1 Å². The van der Waals surface area contributed by atoms with Gasteiger partial charge in [0.05, 0.1) is 6.10 Å². The number of carbonyl (C=O) groups is 2. The van der Waals surface area contributed by atoms with Gasteiger partial charge < -0.3 is 10.2 Å². The molecule has 0 saturated carbocycles. The highest BCUT2D eigenvalue weighted by molar-refractivity contribution is 5.89. The molecule has 1 atom stereocenters. The van der Waals surface area contributed by atoms with Crippen molar-refractivity contribution in [3.05, 3.63) is 47.1 Å². The number of carboxylic acid groups (broad SMARTS) is 1. The smallest absolute Gasteiger partial charge is 0.331 e. The van der Waals surface area contributed by atoms with Gasteiger partial charge in [0.1, 0.15) is 0 Å². The Hall–Kier alpha value is -1.94. The maximum Gasteiger partial charge on any atom is 0.331 e. The van der Waals surface area contributed by atoms with E-state index in [-0.39, 0.29) is 17.8 Å². The van der Waals surface area contributed by atoms with Crippen LogP contribution in [0.3, 0.4) is 0 Å². The minimum atomic E-state index is -0.982. The van der Waals surface area contributed by atoms with Crippen LogP contribution in [0, 0.1) is 5.41 Å². The van der Waals surface area contributed by atoms with Crippen molar-refractivity contribution < 1.29 is 19.8 Å². The second kappa shape index (κ2) is 7.36. The summed E-state index contributed by atoms with van der Waals surface area (Å²) in [6.07, 6.45) is 8.68. The van der Waals surface area contributed by atoms with Gasteiger partial charge in [0.2, 0.25) is 0 Å². The largest absolute Gasteiger partial charge is 0.478 e. The normalized spacial score (nSPS) is 22.6. The third kappa shape index (κ3) is 5.11. The van der Waals surface area contributed by atoms with Crippen LogP contribution in [0.1, 0.15) is 40.5 Å². The lowest BCUT2D eigenvalue weighted by Crippen LogP contribution is -2.31. The summed E-state index contributed by atoms with van der Waals surface area (Å²) in [7, 11) is 0. The van der Waals surface area contributed by atoms with E-state index >= 15 is 0 Å². The number of hydrogen-bond acceptors (Lipinski definition) is 3. The molecule has 120 valence electrons. The molecular weight excluding hydrogens is 280 g/mol. The second-order valence-electron chi connectivity index (χ2n) is 6.36. The Labute approximate surface area is 131 Å². The molecule has 1 aliphatic rings. The van der Waals surface area contributed by atoms with Gasteiger partial charge in [0.25, 0.3) is 0 Å². The van der Waals surface area contributed by atoms with Crippen molar-refractivity contribution >= 4 is 11.8 Å². The second-order valence-corrected chi connectivity index (χ2v) is 6.36. The third-order valence-corrected chi connectivity index (χ3v) is 3.70. The van der Waals surface area contributed by atoms with Gasteiger partial charge in [0, 0.05) is 12.0 Å². The number of allylic oxidation sites excluding steroid dienone is 7. The van der Waals surface area contributed by atoms with Crippen molar-refractivity contribution in [2.45, 2.75) is 46.6 Å². The highest BCUT2D eigenvalue weighted by Gasteiger charge is 2.35. The number of rotatable bonds is 5. The summed E-state index contributed by atoms with van der Waals surface area (Å²) < 4.78 is 0. The maximum absolute atomic E-state index is 11.4. The summed E-state index contributed by atoms with van der Waals surface area (Å²) in [4.78, 5) is 22.3. The minimum Gasteiger partial charge on any atom is -0.478 e. The van der Waals surface area contributed by atoms with Gasteiger partial charge >= 0.3 is 5.97 Å². The van der Waals surface area contributed by atoms with E-state index in [1.807, 2.05) is 32.9 Å². The standard InChI is InChI=1S/C18H24O4/c1-12(6-5-7-13(2)19)8-9-16-15(17(21)22)10-14(20)11-18(16,3)4/h5-9,14,20H,10-11H2,1-4H3,(H,21,22)/b7-5+,9-8+,12-6+. The lowest BCUT2D eigenvalue weighted by atomic mass is 9.71. The molecule has 0 bridgehead atoms. The summed E-state index contributed by atoms with van der Waals surface area (Å²) in [5.41, 5.74) is 1.54. The molecule has 0 saturated heterocycles. The van der Waals surface area contributed by atoms with E-state index in [1.54, 1.807) is 12.2 Å². The molecule has 0 fully saturated rings. The summed E-state index contributed by atoms with van der Waals surface area (Å²) >= 11 is 0. The molecule has 0 aromatic rings. The lowest BCUT2D eigenvalue weighted by molar-refractivity contribution is -0.133. The summed E-state index contributed by atoms with van der Waals surface area (Å²) in [6, 6.07) is 0. The number of aliphatic hydroxyl groups is 1. The molecule has 4 heteroatoms. The van der Waals surface area contributed by atoms with Crippen molar-refractivity contribution in [1.29, 1.82) is 0 Å². The molecule has 0 heterocycles. The van der Waals surface area contributed by atoms with Gasteiger partial charge in [-0.2, -0.15) is 0 Å². The van der Waals surface area contributed by atoms with E-state index in [0.717, 1.165) is 11.1 Å². The highest BCUT2D eigenvalue weighted by Crippen LogP contribution is 2.41. The summed E-state index contributed by atoms with van der Waals surface area (Å²) in [6.45, 7) is 7.24. The van der Waals surface area contributed by atoms with Crippen LogP contribution in [-0.2, 0) is 9.59 Å². The molecule has 0 aromatic heterocycles. The van der Waals surface area contributed by atoms with Crippen LogP contribution in [0.5, 0.6) is 0 Å². The molecule has 1 unspecified atom stereocenters. The lowest BCUT2D eigenvalue weighted by Gasteiger charge is -2.35. The number of carbonyl (C=O) groups excluding carboxylic acids is 1. The molecule has 22 heavy (non-hydrogen) atoms. The monoisotopic (exact) mass is 304 g/mol. The number of carboxylic acids is 1. The Bertz CT molecular complexity index is 574. The quantitative estimate of drug-likeness (QED) is 0.604. The summed E-state index contributed by atoms with van der Waals surface area (Å²) in [5, 5.41) is 19.2. The average molecular weight is 304 g/mol. The van der Waals surface area contributed by atoms with E-state index in [9.17, 15) is 19.8 Å². The Morgan fingerprint density at radius 3 is 2.41 bits per heavy atom. The van der Waals surface area contributed by atoms with E-state index < -0.39 is 17.5 Å². The first-order chi connectivity index (χ1) is 10.1. The fraction of sp³-hybridized carbons (Fsp3) is 0.444. The molecule has 0 radical (unpaired) electrons. The maximum atomic E-state index is 11.4. The molecule has 0 spiro atoms. The molecule has 2 N–H and O–H groups in total. The number of hydrogen-bond donors (Lipinski definition) is 2. The zero-order valence-electron chi connectivity index (χ0n) is 13.6. The van der Waals surface area contributed by atoms with Crippen LogP contribution in [0.2, 0.25) is 0 Å². The minimum absolute atomic E-state index is 0.0219. The Kier molecular flexibility index (Phi) is 6.06. The fourth-order valence-electron chi connectivity index (χ4n) is 2.66. The van der Waals surface area contributed by atoms with Crippen molar-refractivity contribution in [2.75, 3.05) is 0 Å². The molecule has 1 rings (SSSR count). The summed E-state index contributed by atoms with van der Waals surface area (Å²) in [5.74, 6) is -1.00. The van der Waals surface area contributed by atoms with Gasteiger partial charge in [-0.3, -0.25) is 4.79 Å². The first-order valence-corrected chi connectivity index (χ1v) is 7.32. The highest BCUT2D eigenvalue weighted by atomic mass is 16.4. The number of aliphatic carboxylic acids is 1. The van der Waals surface area contributed by atoms with Crippen molar-refractivity contribution in [3.8, 4) is 0 Å². The van der Waals surface area contributed by atoms with Gasteiger partial charge in [-0.15, -0.1) is 0 Å². The molecular formula is C18H24O4. The van der Waals surface area contributed by atoms with E-state index in [0.29, 0.717) is 6.42 Å². The molecule has 1 aliphatic carbocycles. The van der Waals surface area contributed by atoms with Crippen LogP contribution in [0.4, 0.5) is 0 Å². The van der Waals surface area contributed by atoms with E-state index in [1.165, 1.54) is 13.0 Å². The van der Waals surface area contributed by atoms with Crippen LogP contribution in [0.25, 0.3) is 0 Å². The van der Waals surface area contributed by atoms with E-state index in [2.05, 4.69) is 0 Å². The Morgan fingerprint density at radius 1 is 1.23 bits per heavy atom. The van der Waals surface area contributed by atoms with Crippen molar-refractivity contribution in [2.24, 2.45) is 5.41 Å². The van der Waals surface area contributed by atoms with Gasteiger partial charge in [-0.1, -0.05) is 43.7 Å². The van der Waals surface area contributed by atoms with Gasteiger partial charge in [-0.25, -0.2) is 4.79 Å². The van der Waals surface area contributed by atoms with Crippen LogP contribution < -0.4 is 0 Å². The predicted octanol–water partition coefficient (Wildman–Crippen LogP) is 3.20. The first-order valence-electron chi connectivity index (χ1n) is 7.32. The number of aliphatic hydroxyl groups excluding tert-OH is 1. The average Bonchev–Trinajstić information content (AvgIpc) is 2.35. The van der Waals surface area contributed by atoms with E-state index in [4.69, 9.17) is 0 Å². The molecule has 0 aromatic carbocycles. The Balaban J connectivity index is 3.09. The number of ketones is 1. The third-order valence-electron chi connectivity index (χ3n) is 3.70. The zero-order valence-corrected chi connectivity index (χ0v) is 13.6.